The van der Waals surface area contributed by atoms with E-state index in [0.717, 1.165) is 0 Å². The SMILES string of the molecule is C=C1NN(c2ccccc2)C(=O)/C1=N/Nc1cccc(O)c1. The van der Waals surface area contributed by atoms with Crippen molar-refractivity contribution in [1.82, 2.24) is 5.43 Å². The van der Waals surface area contributed by atoms with Gasteiger partial charge >= 0.3 is 0 Å². The van der Waals surface area contributed by atoms with Crippen molar-refractivity contribution in [2.75, 3.05) is 10.4 Å². The third kappa shape index (κ3) is 2.62. The molecular weight excluding hydrogens is 280 g/mol. The zero-order valence-electron chi connectivity index (χ0n) is 11.7. The molecule has 0 aromatic heterocycles. The van der Waals surface area contributed by atoms with Gasteiger partial charge in [0.1, 0.15) is 5.75 Å². The Hall–Kier alpha value is -3.28. The van der Waals surface area contributed by atoms with E-state index in [9.17, 15) is 9.90 Å². The number of hydrazone groups is 1. The lowest BCUT2D eigenvalue weighted by atomic mass is 10.3. The van der Waals surface area contributed by atoms with Crippen LogP contribution in [-0.2, 0) is 4.79 Å². The number of carbonyl (C=O) groups is 1. The maximum Gasteiger partial charge on any atom is 0.299 e. The predicted molar refractivity (Wildman–Crippen MR) is 85.4 cm³/mol. The average molecular weight is 294 g/mol. The lowest BCUT2D eigenvalue weighted by Gasteiger charge is -2.14. The Balaban J connectivity index is 1.81. The van der Waals surface area contributed by atoms with Gasteiger partial charge in [0.15, 0.2) is 5.71 Å². The van der Waals surface area contributed by atoms with Crippen molar-refractivity contribution in [3.8, 4) is 5.75 Å². The quantitative estimate of drug-likeness (QED) is 0.759. The highest BCUT2D eigenvalue weighted by molar-refractivity contribution is 6.51. The Kier molecular flexibility index (Phi) is 3.49. The van der Waals surface area contributed by atoms with Gasteiger partial charge in [-0.1, -0.05) is 30.8 Å². The number of nitrogens with zero attached hydrogens (tertiary/aromatic N) is 2. The number of hydrogen-bond donors (Lipinski definition) is 3. The third-order valence-electron chi connectivity index (χ3n) is 3.10. The number of amides is 1. The number of hydrazine groups is 1. The van der Waals surface area contributed by atoms with Crippen LogP contribution in [0.1, 0.15) is 0 Å². The summed E-state index contributed by atoms with van der Waals surface area (Å²) in [6.07, 6.45) is 0. The van der Waals surface area contributed by atoms with Crippen molar-refractivity contribution >= 4 is 23.0 Å². The van der Waals surface area contributed by atoms with Gasteiger partial charge in [-0.2, -0.15) is 5.10 Å². The molecule has 0 spiro atoms. The van der Waals surface area contributed by atoms with E-state index in [-0.39, 0.29) is 17.4 Å². The molecular formula is C16H14N4O2. The van der Waals surface area contributed by atoms with Crippen LogP contribution in [0, 0.1) is 0 Å². The Morgan fingerprint density at radius 3 is 2.64 bits per heavy atom. The number of phenolic OH excluding ortho intramolecular Hbond substituents is 1. The second-order valence-electron chi connectivity index (χ2n) is 4.69. The fourth-order valence-electron chi connectivity index (χ4n) is 2.04. The Morgan fingerprint density at radius 2 is 1.91 bits per heavy atom. The van der Waals surface area contributed by atoms with Crippen molar-refractivity contribution in [1.29, 1.82) is 0 Å². The molecule has 0 saturated carbocycles. The third-order valence-corrected chi connectivity index (χ3v) is 3.10. The van der Waals surface area contributed by atoms with Gasteiger partial charge in [0, 0.05) is 6.07 Å². The molecule has 1 aliphatic heterocycles. The minimum absolute atomic E-state index is 0.116. The first-order valence-corrected chi connectivity index (χ1v) is 6.63. The smallest absolute Gasteiger partial charge is 0.299 e. The molecule has 110 valence electrons. The molecule has 1 amide bonds. The van der Waals surface area contributed by atoms with Crippen LogP contribution in [0.3, 0.4) is 0 Å². The second-order valence-corrected chi connectivity index (χ2v) is 4.69. The molecule has 6 heteroatoms. The summed E-state index contributed by atoms with van der Waals surface area (Å²) >= 11 is 0. The molecule has 0 aliphatic carbocycles. The lowest BCUT2D eigenvalue weighted by molar-refractivity contribution is -0.112. The van der Waals surface area contributed by atoms with Gasteiger partial charge in [-0.15, -0.1) is 0 Å². The first-order valence-electron chi connectivity index (χ1n) is 6.63. The van der Waals surface area contributed by atoms with Crippen LogP contribution in [0.4, 0.5) is 11.4 Å². The zero-order valence-corrected chi connectivity index (χ0v) is 11.7. The standard InChI is InChI=1S/C16H14N4O2/c1-11-15(18-17-12-6-5-9-14(21)10-12)16(22)20(19-11)13-7-3-2-4-8-13/h2-10,17,19,21H,1H2/b18-15+. The minimum atomic E-state index is -0.302. The molecule has 0 bridgehead atoms. The number of hydrogen-bond acceptors (Lipinski definition) is 5. The maximum absolute atomic E-state index is 12.4. The van der Waals surface area contributed by atoms with E-state index in [2.05, 4.69) is 22.5 Å². The van der Waals surface area contributed by atoms with Gasteiger partial charge in [0.25, 0.3) is 5.91 Å². The number of para-hydroxylation sites is 1. The molecule has 22 heavy (non-hydrogen) atoms. The molecule has 0 radical (unpaired) electrons. The van der Waals surface area contributed by atoms with Crippen molar-refractivity contribution in [3.05, 3.63) is 66.9 Å². The minimum Gasteiger partial charge on any atom is -0.508 e. The fourth-order valence-corrected chi connectivity index (χ4v) is 2.04. The van der Waals surface area contributed by atoms with E-state index in [4.69, 9.17) is 0 Å². The van der Waals surface area contributed by atoms with E-state index in [0.29, 0.717) is 17.1 Å². The fraction of sp³-hybridized carbons (Fsp3) is 0. The topological polar surface area (TPSA) is 77.0 Å². The van der Waals surface area contributed by atoms with Crippen LogP contribution in [0.2, 0.25) is 0 Å². The summed E-state index contributed by atoms with van der Waals surface area (Å²) < 4.78 is 0. The van der Waals surface area contributed by atoms with Gasteiger partial charge in [-0.05, 0) is 24.3 Å². The molecule has 1 saturated heterocycles. The first-order chi connectivity index (χ1) is 10.6. The van der Waals surface area contributed by atoms with E-state index in [1.165, 1.54) is 11.1 Å². The second kappa shape index (κ2) is 5.61. The Bertz CT molecular complexity index is 756. The van der Waals surface area contributed by atoms with Crippen molar-refractivity contribution in [3.63, 3.8) is 0 Å². The van der Waals surface area contributed by atoms with Crippen LogP contribution in [0.25, 0.3) is 0 Å². The molecule has 0 atom stereocenters. The summed E-state index contributed by atoms with van der Waals surface area (Å²) in [7, 11) is 0. The van der Waals surface area contributed by atoms with Gasteiger partial charge < -0.3 is 5.11 Å². The lowest BCUT2D eigenvalue weighted by Crippen LogP contribution is -2.34. The normalized spacial score (nSPS) is 16.0. The molecule has 3 rings (SSSR count). The predicted octanol–water partition coefficient (Wildman–Crippen LogP) is 2.23. The van der Waals surface area contributed by atoms with Crippen LogP contribution in [-0.4, -0.2) is 16.7 Å². The first kappa shape index (κ1) is 13.7. The van der Waals surface area contributed by atoms with E-state index < -0.39 is 0 Å². The molecule has 1 fully saturated rings. The largest absolute Gasteiger partial charge is 0.508 e. The molecule has 6 nitrogen and oxygen atoms in total. The van der Waals surface area contributed by atoms with Crippen molar-refractivity contribution in [2.24, 2.45) is 5.10 Å². The molecule has 0 unspecified atom stereocenters. The summed E-state index contributed by atoms with van der Waals surface area (Å²) in [5.74, 6) is -0.185. The number of rotatable bonds is 3. The van der Waals surface area contributed by atoms with Crippen molar-refractivity contribution in [2.45, 2.75) is 0 Å². The van der Waals surface area contributed by atoms with Crippen LogP contribution in [0.15, 0.2) is 72.0 Å². The monoisotopic (exact) mass is 294 g/mol. The van der Waals surface area contributed by atoms with Gasteiger partial charge in [-0.3, -0.25) is 15.6 Å². The van der Waals surface area contributed by atoms with Gasteiger partial charge in [-0.25, -0.2) is 5.01 Å². The summed E-state index contributed by atoms with van der Waals surface area (Å²) in [6.45, 7) is 3.80. The van der Waals surface area contributed by atoms with Crippen LogP contribution >= 0.6 is 0 Å². The number of benzene rings is 2. The highest BCUT2D eigenvalue weighted by Crippen LogP contribution is 2.19. The summed E-state index contributed by atoms with van der Waals surface area (Å²) in [5, 5.41) is 14.9. The summed E-state index contributed by atoms with van der Waals surface area (Å²) in [5.41, 5.74) is 7.50. The van der Waals surface area contributed by atoms with Gasteiger partial charge in [0.05, 0.1) is 17.1 Å². The van der Waals surface area contributed by atoms with Crippen molar-refractivity contribution < 1.29 is 9.90 Å². The highest BCUT2D eigenvalue weighted by Gasteiger charge is 2.32. The van der Waals surface area contributed by atoms with E-state index in [1.807, 2.05) is 30.3 Å². The number of aromatic hydroxyl groups is 1. The molecule has 3 N–H and O–H groups in total. The highest BCUT2D eigenvalue weighted by atomic mass is 16.3. The molecule has 1 aliphatic rings. The van der Waals surface area contributed by atoms with Crippen LogP contribution in [0.5, 0.6) is 5.75 Å². The maximum atomic E-state index is 12.4. The van der Waals surface area contributed by atoms with Crippen LogP contribution < -0.4 is 15.9 Å². The van der Waals surface area contributed by atoms with E-state index in [1.54, 1.807) is 18.2 Å². The molecule has 2 aromatic rings. The Labute approximate surface area is 127 Å². The number of anilines is 2. The summed E-state index contributed by atoms with van der Waals surface area (Å²) in [6, 6.07) is 15.6. The Morgan fingerprint density at radius 1 is 1.14 bits per heavy atom. The zero-order chi connectivity index (χ0) is 15.5. The number of phenols is 1. The van der Waals surface area contributed by atoms with Gasteiger partial charge in [0.2, 0.25) is 0 Å². The average Bonchev–Trinajstić information content (AvgIpc) is 2.81. The molecule has 1 heterocycles. The van der Waals surface area contributed by atoms with E-state index >= 15 is 0 Å². The number of carbonyl (C=O) groups excluding carboxylic acids is 1. The molecule has 2 aromatic carbocycles. The number of nitrogens with one attached hydrogen (secondary N) is 2. The summed E-state index contributed by atoms with van der Waals surface area (Å²) in [4.78, 5) is 12.4.